The Bertz CT molecular complexity index is 738. The molecule has 1 aliphatic rings. The molecule has 2 aromatic rings. The predicted molar refractivity (Wildman–Crippen MR) is 112 cm³/mol. The normalized spacial score (nSPS) is 16.0. The van der Waals surface area contributed by atoms with Gasteiger partial charge in [-0.05, 0) is 63.2 Å². The van der Waals surface area contributed by atoms with E-state index in [2.05, 4.69) is 24.3 Å². The summed E-state index contributed by atoms with van der Waals surface area (Å²) in [7, 11) is 4.11. The number of ether oxygens (including phenoxy) is 2. The minimum atomic E-state index is -0.541. The summed E-state index contributed by atoms with van der Waals surface area (Å²) in [6, 6.07) is 17.6. The Labute approximate surface area is 167 Å². The van der Waals surface area contributed by atoms with E-state index in [0.29, 0.717) is 32.7 Å². The molecule has 0 aliphatic carbocycles. The first kappa shape index (κ1) is 20.4. The largest absolute Gasteiger partial charge is 0.494 e. The van der Waals surface area contributed by atoms with Crippen molar-refractivity contribution in [1.29, 1.82) is 0 Å². The van der Waals surface area contributed by atoms with Crippen molar-refractivity contribution in [2.24, 2.45) is 0 Å². The first-order valence-corrected chi connectivity index (χ1v) is 9.92. The van der Waals surface area contributed by atoms with Crippen LogP contribution in [0.2, 0.25) is 0 Å². The molecule has 1 heterocycles. The molecule has 0 atom stereocenters. The zero-order valence-corrected chi connectivity index (χ0v) is 16.8. The second-order valence-corrected chi connectivity index (χ2v) is 7.54. The van der Waals surface area contributed by atoms with E-state index in [1.54, 1.807) is 0 Å². The van der Waals surface area contributed by atoms with Crippen LogP contribution in [0.4, 0.5) is 5.69 Å². The highest BCUT2D eigenvalue weighted by molar-refractivity contribution is 5.99. The van der Waals surface area contributed by atoms with Gasteiger partial charge in [-0.1, -0.05) is 30.3 Å². The van der Waals surface area contributed by atoms with Gasteiger partial charge in [0.05, 0.1) is 12.0 Å². The molecule has 0 radical (unpaired) electrons. The molecule has 1 fully saturated rings. The second-order valence-electron chi connectivity index (χ2n) is 7.54. The molecule has 2 aromatic carbocycles. The third-order valence-electron chi connectivity index (χ3n) is 5.24. The first-order chi connectivity index (χ1) is 13.6. The fourth-order valence-electron chi connectivity index (χ4n) is 3.58. The van der Waals surface area contributed by atoms with Crippen molar-refractivity contribution in [1.82, 2.24) is 4.90 Å². The maximum atomic E-state index is 13.2. The first-order valence-electron chi connectivity index (χ1n) is 9.92. The van der Waals surface area contributed by atoms with Gasteiger partial charge in [0.25, 0.3) is 0 Å². The Morgan fingerprint density at radius 1 is 1.07 bits per heavy atom. The highest BCUT2D eigenvalue weighted by Crippen LogP contribution is 2.36. The highest BCUT2D eigenvalue weighted by atomic mass is 16.5. The zero-order valence-electron chi connectivity index (χ0n) is 16.8. The molecule has 150 valence electrons. The van der Waals surface area contributed by atoms with Gasteiger partial charge in [0.1, 0.15) is 5.75 Å². The Morgan fingerprint density at radius 2 is 1.75 bits per heavy atom. The molecule has 3 rings (SSSR count). The molecular formula is C23H30N2O3. The van der Waals surface area contributed by atoms with Crippen molar-refractivity contribution in [2.75, 3.05) is 45.8 Å². The van der Waals surface area contributed by atoms with Crippen LogP contribution in [0.3, 0.4) is 0 Å². The third-order valence-corrected chi connectivity index (χ3v) is 5.24. The summed E-state index contributed by atoms with van der Waals surface area (Å²) in [5.74, 6) is 0.849. The number of rotatable bonds is 8. The van der Waals surface area contributed by atoms with Crippen molar-refractivity contribution in [3.8, 4) is 5.75 Å². The van der Waals surface area contributed by atoms with E-state index >= 15 is 0 Å². The van der Waals surface area contributed by atoms with E-state index < -0.39 is 5.41 Å². The van der Waals surface area contributed by atoms with E-state index in [-0.39, 0.29) is 5.91 Å². The summed E-state index contributed by atoms with van der Waals surface area (Å²) in [6.45, 7) is 2.88. The number of carbonyl (C=O) groups excluding carboxylic acids is 1. The molecule has 1 aliphatic heterocycles. The average molecular weight is 383 g/mol. The molecule has 0 spiro atoms. The molecule has 1 saturated heterocycles. The summed E-state index contributed by atoms with van der Waals surface area (Å²) in [5.41, 5.74) is 1.30. The van der Waals surface area contributed by atoms with Gasteiger partial charge in [0, 0.05) is 25.4 Å². The lowest BCUT2D eigenvalue weighted by molar-refractivity contribution is -0.125. The van der Waals surface area contributed by atoms with Crippen LogP contribution in [0.25, 0.3) is 0 Å². The van der Waals surface area contributed by atoms with Gasteiger partial charge in [-0.15, -0.1) is 0 Å². The van der Waals surface area contributed by atoms with Crippen molar-refractivity contribution in [3.63, 3.8) is 0 Å². The van der Waals surface area contributed by atoms with Gasteiger partial charge < -0.3 is 19.7 Å². The molecule has 0 unspecified atom stereocenters. The maximum absolute atomic E-state index is 13.2. The number of hydrogen-bond donors (Lipinski definition) is 1. The van der Waals surface area contributed by atoms with E-state index in [0.717, 1.165) is 30.0 Å². The summed E-state index contributed by atoms with van der Waals surface area (Å²) < 4.78 is 11.3. The molecule has 28 heavy (non-hydrogen) atoms. The number of carbonyl (C=O) groups is 1. The van der Waals surface area contributed by atoms with Gasteiger partial charge in [0.2, 0.25) is 5.91 Å². The summed E-state index contributed by atoms with van der Waals surface area (Å²) >= 11 is 0. The van der Waals surface area contributed by atoms with Gasteiger partial charge in [0.15, 0.2) is 0 Å². The summed E-state index contributed by atoms with van der Waals surface area (Å²) in [4.78, 5) is 15.4. The van der Waals surface area contributed by atoms with Crippen LogP contribution in [0.15, 0.2) is 54.6 Å². The van der Waals surface area contributed by atoms with Crippen molar-refractivity contribution in [2.45, 2.75) is 24.7 Å². The molecular weight excluding hydrogens is 352 g/mol. The lowest BCUT2D eigenvalue weighted by Crippen LogP contribution is -2.44. The number of nitrogens with zero attached hydrogens (tertiary/aromatic N) is 1. The smallest absolute Gasteiger partial charge is 0.235 e. The van der Waals surface area contributed by atoms with Crippen LogP contribution in [-0.2, 0) is 14.9 Å². The maximum Gasteiger partial charge on any atom is 0.235 e. The minimum Gasteiger partial charge on any atom is -0.494 e. The molecule has 5 heteroatoms. The van der Waals surface area contributed by atoms with E-state index in [9.17, 15) is 4.79 Å². The van der Waals surface area contributed by atoms with Crippen LogP contribution >= 0.6 is 0 Å². The van der Waals surface area contributed by atoms with Crippen LogP contribution < -0.4 is 10.1 Å². The Balaban J connectivity index is 1.64. The molecule has 0 bridgehead atoms. The van der Waals surface area contributed by atoms with E-state index in [4.69, 9.17) is 9.47 Å². The average Bonchev–Trinajstić information content (AvgIpc) is 2.73. The number of benzene rings is 2. The predicted octanol–water partition coefficient (Wildman–Crippen LogP) is 3.70. The van der Waals surface area contributed by atoms with Crippen molar-refractivity contribution in [3.05, 3.63) is 60.2 Å². The SMILES string of the molecule is CN(C)CCCOc1ccc(NC(=O)C2(c3ccccc3)CCOCC2)cc1. The fourth-order valence-corrected chi connectivity index (χ4v) is 3.58. The number of amides is 1. The number of anilines is 1. The van der Waals surface area contributed by atoms with Crippen LogP contribution in [-0.4, -0.2) is 51.3 Å². The van der Waals surface area contributed by atoms with E-state index in [1.165, 1.54) is 0 Å². The van der Waals surface area contributed by atoms with Gasteiger partial charge in [-0.2, -0.15) is 0 Å². The molecule has 0 aromatic heterocycles. The number of hydrogen-bond acceptors (Lipinski definition) is 4. The number of nitrogens with one attached hydrogen (secondary N) is 1. The van der Waals surface area contributed by atoms with Crippen LogP contribution in [0.1, 0.15) is 24.8 Å². The minimum absolute atomic E-state index is 0.0293. The van der Waals surface area contributed by atoms with Crippen LogP contribution in [0, 0.1) is 0 Å². The van der Waals surface area contributed by atoms with Crippen LogP contribution in [0.5, 0.6) is 5.75 Å². The van der Waals surface area contributed by atoms with Crippen molar-refractivity contribution < 1.29 is 14.3 Å². The standard InChI is InChI=1S/C23H30N2O3/c1-25(2)15-6-16-28-21-11-9-20(10-12-21)24-22(26)23(13-17-27-18-14-23)19-7-4-3-5-8-19/h3-5,7-12H,6,13-18H2,1-2H3,(H,24,26). The lowest BCUT2D eigenvalue weighted by atomic mass is 9.73. The quantitative estimate of drug-likeness (QED) is 0.707. The monoisotopic (exact) mass is 382 g/mol. The van der Waals surface area contributed by atoms with Crippen molar-refractivity contribution >= 4 is 11.6 Å². The van der Waals surface area contributed by atoms with Gasteiger partial charge in [-0.25, -0.2) is 0 Å². The molecule has 0 saturated carbocycles. The van der Waals surface area contributed by atoms with E-state index in [1.807, 2.05) is 54.6 Å². The second kappa shape index (κ2) is 9.71. The lowest BCUT2D eigenvalue weighted by Gasteiger charge is -2.36. The molecule has 1 N–H and O–H groups in total. The molecule has 5 nitrogen and oxygen atoms in total. The van der Waals surface area contributed by atoms with Gasteiger partial charge >= 0.3 is 0 Å². The Hall–Kier alpha value is -2.37. The Morgan fingerprint density at radius 3 is 2.39 bits per heavy atom. The topological polar surface area (TPSA) is 50.8 Å². The highest BCUT2D eigenvalue weighted by Gasteiger charge is 2.41. The Kier molecular flexibility index (Phi) is 7.06. The third kappa shape index (κ3) is 5.12. The molecule has 1 amide bonds. The summed E-state index contributed by atoms with van der Waals surface area (Å²) in [5, 5.41) is 3.10. The summed E-state index contributed by atoms with van der Waals surface area (Å²) in [6.07, 6.45) is 2.36. The zero-order chi connectivity index (χ0) is 19.8. The fraction of sp³-hybridized carbons (Fsp3) is 0.435. The van der Waals surface area contributed by atoms with Gasteiger partial charge in [-0.3, -0.25) is 4.79 Å².